The van der Waals surface area contributed by atoms with Crippen LogP contribution in [0.4, 0.5) is 0 Å². The summed E-state index contributed by atoms with van der Waals surface area (Å²) in [5, 5.41) is 191. The summed E-state index contributed by atoms with van der Waals surface area (Å²) in [7, 11) is 0. The summed E-state index contributed by atoms with van der Waals surface area (Å²) in [6, 6.07) is 6.90. The van der Waals surface area contributed by atoms with E-state index < -0.39 is 229 Å². The van der Waals surface area contributed by atoms with E-state index in [1.54, 1.807) is 0 Å². The number of amides is 1. The number of aliphatic hydroxyl groups excluding tert-OH is 17. The number of hydrogen-bond donors (Lipinski definition) is 19. The van der Waals surface area contributed by atoms with Gasteiger partial charge in [-0.25, -0.2) is 0 Å². The lowest BCUT2D eigenvalue weighted by Gasteiger charge is -2.50. The number of benzene rings is 1. The van der Waals surface area contributed by atoms with Crippen LogP contribution < -0.4 is 11.1 Å². The van der Waals surface area contributed by atoms with Crippen LogP contribution in [0.5, 0.6) is 0 Å². The Morgan fingerprint density at radius 3 is 1.35 bits per heavy atom. The molecule has 7 rings (SSSR count). The van der Waals surface area contributed by atoms with E-state index in [2.05, 4.69) is 19.2 Å². The zero-order valence-electron chi connectivity index (χ0n) is 64.2. The first-order chi connectivity index (χ1) is 53.0. The molecule has 1 aromatic carbocycles. The molecule has 20 N–H and O–H groups in total. The quantitative estimate of drug-likeness (QED) is 0.0295. The van der Waals surface area contributed by atoms with Gasteiger partial charge in [-0.3, -0.25) is 4.79 Å². The van der Waals surface area contributed by atoms with Crippen LogP contribution in [0.15, 0.2) is 42.5 Å². The van der Waals surface area contributed by atoms with Crippen LogP contribution in [0.25, 0.3) is 0 Å². The number of ether oxygens (including phenoxy) is 13. The number of rotatable bonds is 50. The molecule has 0 saturated carbocycles. The predicted octanol–water partition coefficient (Wildman–Crippen LogP) is -0.273. The number of carbonyl (C=O) groups is 1. The Kier molecular flexibility index (Phi) is 42.9. The zero-order chi connectivity index (χ0) is 79.8. The maximum atomic E-state index is 14.0. The molecule has 0 bridgehead atoms. The van der Waals surface area contributed by atoms with Crippen molar-refractivity contribution in [1.29, 1.82) is 0 Å². The highest BCUT2D eigenvalue weighted by Crippen LogP contribution is 2.38. The van der Waals surface area contributed by atoms with Gasteiger partial charge in [0.25, 0.3) is 0 Å². The standard InChI is InChI=1S/C77H134N2O31/c1-4-6-8-10-12-14-16-18-20-22-24-26-31-35-47(98-42-45-33-29-28-30-34-45)46(79-53(85)36-32-27-25-23-21-19-17-15-13-11-9-7-5-2)43-99-73-64(95)61(92)67(51(40-83)104-73)106-75-65(96)62(93)68(52(41-84)105-75)107-76-66(97)70(58(89)50(39-82)102-76)109-72-54(78)69(57(88)49(38-81)101-72)108-77-71(60(91)56(87)48(37-80)103-77)110-74-63(94)59(90)55(86)44(3)100-74/h28-31,33-35,44,46-52,54-77,80-84,86-97H,4-27,32,36-43,78H2,1-3H3,(H,79,85)/b35-31+/t44-,46-,47+,48+,49+,50+,51+,52+,54+,55+,56-,57-,58-,59+,60-,61+,62+,63-,64+,65+,66+,67+,68-,69+,70-,71+,72-,73+,74-,75-,76+,77-/m0/s1. The second kappa shape index (κ2) is 50.1. The van der Waals surface area contributed by atoms with E-state index in [4.69, 9.17) is 67.3 Å². The van der Waals surface area contributed by atoms with Crippen molar-refractivity contribution in [3.05, 3.63) is 48.0 Å². The molecule has 1 aromatic rings. The Bertz CT molecular complexity index is 2640. The van der Waals surface area contributed by atoms with Gasteiger partial charge in [-0.1, -0.05) is 198 Å². The number of hydrogen-bond acceptors (Lipinski definition) is 32. The molecule has 6 saturated heterocycles. The second-order valence-corrected chi connectivity index (χ2v) is 30.3. The van der Waals surface area contributed by atoms with Crippen LogP contribution in [0, 0.1) is 0 Å². The van der Waals surface area contributed by atoms with Crippen molar-refractivity contribution < 1.29 is 153 Å². The van der Waals surface area contributed by atoms with Crippen molar-refractivity contribution in [3.63, 3.8) is 0 Å². The molecule has 0 unspecified atom stereocenters. The SMILES string of the molecule is CCCCCCCCCCCCC/C=C/[C@@H](OCc1ccccc1)[C@H](CO[C@@H]1O[C@H](CO)[C@@H](O[C@@H]2O[C@H](CO)[C@H](O[C@H]3O[C@H](CO)[C@H](O)[C@H](O[C@@H]4O[C@H](CO)[C@H](O)[C@H](O[C@@H]5O[C@H](CO)[C@H](O)[C@H](O)[C@H]5O[C@@H]5O[C@@H](C)[C@@H](O)[C@@H](O)[C@@H]5O)[C@H]4N)[C@H]3O)[C@H](O)[C@H]2O)[C@H](O)[C@H]1O)NC(=O)CCCCCCCCCCCCCCC. The number of unbranched alkanes of at least 4 members (excludes halogenated alkanes) is 23. The van der Waals surface area contributed by atoms with Gasteiger partial charge in [-0.15, -0.1) is 0 Å². The molecule has 6 fully saturated rings. The highest BCUT2D eigenvalue weighted by atomic mass is 16.8. The van der Waals surface area contributed by atoms with Crippen molar-refractivity contribution >= 4 is 5.91 Å². The first-order valence-electron chi connectivity index (χ1n) is 40.5. The third kappa shape index (κ3) is 27.7. The molecule has 0 spiro atoms. The van der Waals surface area contributed by atoms with Gasteiger partial charge in [0.05, 0.1) is 70.5 Å². The Labute approximate surface area is 646 Å². The summed E-state index contributed by atoms with van der Waals surface area (Å²) in [6.07, 6.45) is -21.5. The lowest BCUT2D eigenvalue weighted by atomic mass is 9.94. The largest absolute Gasteiger partial charge is 0.394 e. The maximum absolute atomic E-state index is 14.0. The molecule has 33 heteroatoms. The van der Waals surface area contributed by atoms with E-state index in [0.29, 0.717) is 6.42 Å². The van der Waals surface area contributed by atoms with Gasteiger partial charge in [0.1, 0.15) is 134 Å². The van der Waals surface area contributed by atoms with Crippen molar-refractivity contribution in [2.24, 2.45) is 5.73 Å². The number of nitrogens with one attached hydrogen (secondary N) is 1. The number of carbonyl (C=O) groups excluding carboxylic acids is 1. The lowest BCUT2D eigenvalue weighted by Crippen LogP contribution is -2.69. The van der Waals surface area contributed by atoms with Crippen LogP contribution in [-0.4, -0.2) is 329 Å². The minimum atomic E-state index is -2.19. The normalized spacial score (nSPS) is 37.8. The van der Waals surface area contributed by atoms with Crippen LogP contribution >= 0.6 is 0 Å². The number of aliphatic hydroxyl groups is 17. The molecular formula is C77H134N2O31. The van der Waals surface area contributed by atoms with Crippen LogP contribution in [-0.2, 0) is 73.0 Å². The molecule has 110 heavy (non-hydrogen) atoms. The Balaban J connectivity index is 0.991. The molecule has 1 amide bonds. The number of allylic oxidation sites excluding steroid dienone is 1. The molecule has 638 valence electrons. The van der Waals surface area contributed by atoms with Gasteiger partial charge in [-0.05, 0) is 31.7 Å². The summed E-state index contributed by atoms with van der Waals surface area (Å²) < 4.78 is 77.5. The van der Waals surface area contributed by atoms with Gasteiger partial charge >= 0.3 is 0 Å². The van der Waals surface area contributed by atoms with Crippen LogP contribution in [0.3, 0.4) is 0 Å². The van der Waals surface area contributed by atoms with Crippen LogP contribution in [0.2, 0.25) is 0 Å². The van der Waals surface area contributed by atoms with Crippen molar-refractivity contribution in [3.8, 4) is 0 Å². The minimum absolute atomic E-state index is 0.174. The molecule has 0 radical (unpaired) electrons. The summed E-state index contributed by atoms with van der Waals surface area (Å²) in [5.74, 6) is -0.245. The first-order valence-corrected chi connectivity index (χ1v) is 40.5. The highest BCUT2D eigenvalue weighted by molar-refractivity contribution is 5.76. The monoisotopic (exact) mass is 1580 g/mol. The third-order valence-corrected chi connectivity index (χ3v) is 21.7. The first kappa shape index (κ1) is 94.3. The van der Waals surface area contributed by atoms with E-state index in [0.717, 1.165) is 56.9 Å². The van der Waals surface area contributed by atoms with E-state index in [1.165, 1.54) is 110 Å². The molecule has 6 aliphatic rings. The van der Waals surface area contributed by atoms with Gasteiger partial charge in [-0.2, -0.15) is 0 Å². The zero-order valence-corrected chi connectivity index (χ0v) is 64.2. The average molecular weight is 1580 g/mol. The summed E-state index contributed by atoms with van der Waals surface area (Å²) in [4.78, 5) is 14.0. The maximum Gasteiger partial charge on any atom is 0.220 e. The Hall–Kier alpha value is -2.81. The fraction of sp³-hybridized carbons (Fsp3) is 0.883. The fourth-order valence-electron chi connectivity index (χ4n) is 14.8. The molecular weight excluding hydrogens is 1450 g/mol. The van der Waals surface area contributed by atoms with E-state index >= 15 is 0 Å². The van der Waals surface area contributed by atoms with Crippen molar-refractivity contribution in [1.82, 2.24) is 5.32 Å². The fourth-order valence-corrected chi connectivity index (χ4v) is 14.8. The van der Waals surface area contributed by atoms with Crippen molar-refractivity contribution in [2.45, 2.75) is 391 Å². The molecule has 6 aliphatic heterocycles. The Morgan fingerprint density at radius 2 is 0.818 bits per heavy atom. The van der Waals surface area contributed by atoms with Crippen molar-refractivity contribution in [2.75, 3.05) is 39.6 Å². The second-order valence-electron chi connectivity index (χ2n) is 30.3. The van der Waals surface area contributed by atoms with E-state index in [-0.39, 0.29) is 25.5 Å². The average Bonchev–Trinajstić information content (AvgIpc) is 0.773. The lowest BCUT2D eigenvalue weighted by molar-refractivity contribution is -0.392. The minimum Gasteiger partial charge on any atom is -0.394 e. The molecule has 32 atom stereocenters. The van der Waals surface area contributed by atoms with E-state index in [9.17, 15) is 91.6 Å². The molecule has 6 heterocycles. The topological polar surface area (TPSA) is 519 Å². The molecule has 0 aliphatic carbocycles. The molecule has 33 nitrogen and oxygen atoms in total. The summed E-state index contributed by atoms with van der Waals surface area (Å²) in [6.45, 7) is 0.849. The molecule has 0 aromatic heterocycles. The van der Waals surface area contributed by atoms with Crippen LogP contribution in [0.1, 0.15) is 193 Å². The summed E-state index contributed by atoms with van der Waals surface area (Å²) >= 11 is 0. The highest BCUT2D eigenvalue weighted by Gasteiger charge is 2.58. The van der Waals surface area contributed by atoms with Gasteiger partial charge in [0, 0.05) is 6.42 Å². The van der Waals surface area contributed by atoms with Gasteiger partial charge < -0.3 is 159 Å². The predicted molar refractivity (Wildman–Crippen MR) is 391 cm³/mol. The third-order valence-electron chi connectivity index (χ3n) is 21.7. The summed E-state index contributed by atoms with van der Waals surface area (Å²) in [5.41, 5.74) is 7.50. The number of nitrogens with two attached hydrogens (primary N) is 1. The van der Waals surface area contributed by atoms with Gasteiger partial charge in [0.2, 0.25) is 5.91 Å². The van der Waals surface area contributed by atoms with Gasteiger partial charge in [0.15, 0.2) is 37.7 Å². The smallest absolute Gasteiger partial charge is 0.220 e. The van der Waals surface area contributed by atoms with E-state index in [1.807, 2.05) is 42.5 Å². The Morgan fingerprint density at radius 1 is 0.418 bits per heavy atom.